The molecule has 0 aliphatic rings. The summed E-state index contributed by atoms with van der Waals surface area (Å²) in [7, 11) is 1.63. The van der Waals surface area contributed by atoms with E-state index in [1.807, 2.05) is 19.1 Å². The minimum atomic E-state index is -0.206. The highest BCUT2D eigenvalue weighted by atomic mass is 16.5. The summed E-state index contributed by atoms with van der Waals surface area (Å²) in [5.74, 6) is 1.10. The Labute approximate surface area is 136 Å². The third kappa shape index (κ3) is 5.00. The molecule has 0 aromatic heterocycles. The second-order valence-corrected chi connectivity index (χ2v) is 4.75. The van der Waals surface area contributed by atoms with Crippen molar-refractivity contribution in [1.82, 2.24) is 0 Å². The first kappa shape index (κ1) is 16.8. The van der Waals surface area contributed by atoms with Crippen LogP contribution in [0.5, 0.6) is 11.5 Å². The van der Waals surface area contributed by atoms with Crippen LogP contribution in [0.25, 0.3) is 0 Å². The highest BCUT2D eigenvalue weighted by molar-refractivity contribution is 6.06. The Balaban J connectivity index is 2.00. The van der Waals surface area contributed by atoms with Gasteiger partial charge in [-0.3, -0.25) is 4.79 Å². The van der Waals surface area contributed by atoms with Crippen molar-refractivity contribution in [1.29, 1.82) is 0 Å². The van der Waals surface area contributed by atoms with Gasteiger partial charge in [0.25, 0.3) is 5.91 Å². The first-order chi connectivity index (χ1) is 11.2. The molecule has 122 valence electrons. The SMILES string of the molecule is CCOc1ccccc1C(=O)Nc1ccc(OCCOC)cc1. The number of para-hydroxylation sites is 1. The lowest BCUT2D eigenvalue weighted by Crippen LogP contribution is -2.13. The molecule has 5 nitrogen and oxygen atoms in total. The number of benzene rings is 2. The lowest BCUT2D eigenvalue weighted by atomic mass is 10.2. The van der Waals surface area contributed by atoms with E-state index in [1.165, 1.54) is 0 Å². The Morgan fingerprint density at radius 3 is 2.43 bits per heavy atom. The molecule has 0 bridgehead atoms. The molecular weight excluding hydrogens is 294 g/mol. The van der Waals surface area contributed by atoms with E-state index in [9.17, 15) is 4.79 Å². The zero-order chi connectivity index (χ0) is 16.5. The van der Waals surface area contributed by atoms with E-state index in [0.717, 1.165) is 5.75 Å². The van der Waals surface area contributed by atoms with Gasteiger partial charge in [-0.15, -0.1) is 0 Å². The fourth-order valence-electron chi connectivity index (χ4n) is 2.01. The number of carbonyl (C=O) groups excluding carboxylic acids is 1. The van der Waals surface area contributed by atoms with Crippen LogP contribution in [0.2, 0.25) is 0 Å². The van der Waals surface area contributed by atoms with Crippen molar-refractivity contribution in [2.45, 2.75) is 6.92 Å². The Bertz CT molecular complexity index is 625. The number of hydrogen-bond donors (Lipinski definition) is 1. The number of ether oxygens (including phenoxy) is 3. The van der Waals surface area contributed by atoms with E-state index in [0.29, 0.717) is 36.8 Å². The molecule has 0 heterocycles. The van der Waals surface area contributed by atoms with Gasteiger partial charge in [0.2, 0.25) is 0 Å². The normalized spacial score (nSPS) is 10.2. The highest BCUT2D eigenvalue weighted by Gasteiger charge is 2.12. The molecule has 0 radical (unpaired) electrons. The maximum atomic E-state index is 12.4. The Morgan fingerprint density at radius 1 is 1.00 bits per heavy atom. The molecule has 2 rings (SSSR count). The monoisotopic (exact) mass is 315 g/mol. The van der Waals surface area contributed by atoms with Crippen LogP contribution in [-0.4, -0.2) is 32.8 Å². The fourth-order valence-corrected chi connectivity index (χ4v) is 2.01. The molecule has 23 heavy (non-hydrogen) atoms. The number of rotatable bonds is 8. The molecule has 0 atom stereocenters. The second kappa shape index (κ2) is 8.80. The predicted molar refractivity (Wildman–Crippen MR) is 89.4 cm³/mol. The molecular formula is C18H21NO4. The van der Waals surface area contributed by atoms with Gasteiger partial charge in [-0.2, -0.15) is 0 Å². The zero-order valence-corrected chi connectivity index (χ0v) is 13.4. The van der Waals surface area contributed by atoms with Crippen LogP contribution in [0.3, 0.4) is 0 Å². The van der Waals surface area contributed by atoms with Crippen molar-refractivity contribution in [2.75, 3.05) is 32.2 Å². The van der Waals surface area contributed by atoms with Crippen LogP contribution in [0, 0.1) is 0 Å². The number of nitrogens with one attached hydrogen (secondary N) is 1. The van der Waals surface area contributed by atoms with Crippen LogP contribution in [0.1, 0.15) is 17.3 Å². The molecule has 0 saturated carbocycles. The Hall–Kier alpha value is -2.53. The van der Waals surface area contributed by atoms with Gasteiger partial charge in [0, 0.05) is 12.8 Å². The van der Waals surface area contributed by atoms with Gasteiger partial charge in [-0.25, -0.2) is 0 Å². The van der Waals surface area contributed by atoms with Gasteiger partial charge in [-0.05, 0) is 43.3 Å². The second-order valence-electron chi connectivity index (χ2n) is 4.75. The van der Waals surface area contributed by atoms with E-state index >= 15 is 0 Å². The molecule has 0 saturated heterocycles. The van der Waals surface area contributed by atoms with Crippen LogP contribution in [0.4, 0.5) is 5.69 Å². The van der Waals surface area contributed by atoms with Crippen molar-refractivity contribution in [2.24, 2.45) is 0 Å². The van der Waals surface area contributed by atoms with Crippen molar-refractivity contribution in [3.05, 3.63) is 54.1 Å². The molecule has 0 spiro atoms. The van der Waals surface area contributed by atoms with Crippen LogP contribution >= 0.6 is 0 Å². The maximum Gasteiger partial charge on any atom is 0.259 e. The quantitative estimate of drug-likeness (QED) is 0.759. The van der Waals surface area contributed by atoms with Gasteiger partial charge in [0.15, 0.2) is 0 Å². The van der Waals surface area contributed by atoms with Gasteiger partial charge >= 0.3 is 0 Å². The predicted octanol–water partition coefficient (Wildman–Crippen LogP) is 3.36. The molecule has 1 N–H and O–H groups in total. The summed E-state index contributed by atoms with van der Waals surface area (Å²) in [5, 5.41) is 2.85. The highest BCUT2D eigenvalue weighted by Crippen LogP contribution is 2.21. The summed E-state index contributed by atoms with van der Waals surface area (Å²) >= 11 is 0. The molecule has 1 amide bonds. The van der Waals surface area contributed by atoms with Crippen molar-refractivity contribution in [3.63, 3.8) is 0 Å². The van der Waals surface area contributed by atoms with Crippen molar-refractivity contribution < 1.29 is 19.0 Å². The molecule has 0 aliphatic heterocycles. The first-order valence-corrected chi connectivity index (χ1v) is 7.49. The third-order valence-electron chi connectivity index (χ3n) is 3.10. The van der Waals surface area contributed by atoms with Gasteiger partial charge in [-0.1, -0.05) is 12.1 Å². The summed E-state index contributed by atoms with van der Waals surface area (Å²) in [5.41, 5.74) is 1.20. The number of methoxy groups -OCH3 is 1. The summed E-state index contributed by atoms with van der Waals surface area (Å²) in [6.45, 7) is 3.42. The van der Waals surface area contributed by atoms with Crippen LogP contribution < -0.4 is 14.8 Å². The molecule has 0 aliphatic carbocycles. The Kier molecular flexibility index (Phi) is 6.44. The fraction of sp³-hybridized carbons (Fsp3) is 0.278. The number of hydrogen-bond acceptors (Lipinski definition) is 4. The summed E-state index contributed by atoms with van der Waals surface area (Å²) in [6, 6.07) is 14.4. The van der Waals surface area contributed by atoms with Gasteiger partial charge in [0.05, 0.1) is 18.8 Å². The molecule has 2 aromatic rings. The van der Waals surface area contributed by atoms with E-state index in [2.05, 4.69) is 5.32 Å². The van der Waals surface area contributed by atoms with E-state index < -0.39 is 0 Å². The number of anilines is 1. The minimum absolute atomic E-state index is 0.206. The smallest absolute Gasteiger partial charge is 0.259 e. The van der Waals surface area contributed by atoms with E-state index in [-0.39, 0.29) is 5.91 Å². The van der Waals surface area contributed by atoms with E-state index in [1.54, 1.807) is 43.5 Å². The maximum absolute atomic E-state index is 12.4. The summed E-state index contributed by atoms with van der Waals surface area (Å²) in [4.78, 5) is 12.4. The lowest BCUT2D eigenvalue weighted by Gasteiger charge is -2.11. The lowest BCUT2D eigenvalue weighted by molar-refractivity contribution is 0.102. The number of amides is 1. The average Bonchev–Trinajstić information content (AvgIpc) is 2.57. The van der Waals surface area contributed by atoms with Crippen LogP contribution in [-0.2, 0) is 4.74 Å². The average molecular weight is 315 g/mol. The van der Waals surface area contributed by atoms with Crippen LogP contribution in [0.15, 0.2) is 48.5 Å². The largest absolute Gasteiger partial charge is 0.493 e. The van der Waals surface area contributed by atoms with Crippen molar-refractivity contribution in [3.8, 4) is 11.5 Å². The zero-order valence-electron chi connectivity index (χ0n) is 13.4. The minimum Gasteiger partial charge on any atom is -0.493 e. The van der Waals surface area contributed by atoms with Gasteiger partial charge in [0.1, 0.15) is 18.1 Å². The van der Waals surface area contributed by atoms with E-state index in [4.69, 9.17) is 14.2 Å². The number of carbonyl (C=O) groups is 1. The summed E-state index contributed by atoms with van der Waals surface area (Å²) < 4.78 is 15.9. The first-order valence-electron chi connectivity index (χ1n) is 7.49. The molecule has 5 heteroatoms. The van der Waals surface area contributed by atoms with Crippen molar-refractivity contribution >= 4 is 11.6 Å². The molecule has 2 aromatic carbocycles. The summed E-state index contributed by atoms with van der Waals surface area (Å²) in [6.07, 6.45) is 0. The van der Waals surface area contributed by atoms with Gasteiger partial charge < -0.3 is 19.5 Å². The third-order valence-corrected chi connectivity index (χ3v) is 3.10. The Morgan fingerprint density at radius 2 is 1.74 bits per heavy atom. The standard InChI is InChI=1S/C18H21NO4/c1-3-22-17-7-5-4-6-16(17)18(20)19-14-8-10-15(11-9-14)23-13-12-21-2/h4-11H,3,12-13H2,1-2H3,(H,19,20). The molecule has 0 unspecified atom stereocenters. The molecule has 0 fully saturated rings. The topological polar surface area (TPSA) is 56.8 Å².